The Kier molecular flexibility index (Phi) is 7.20. The van der Waals surface area contributed by atoms with Gasteiger partial charge in [0.2, 0.25) is 0 Å². The van der Waals surface area contributed by atoms with E-state index < -0.39 is 6.10 Å². The third-order valence-corrected chi connectivity index (χ3v) is 6.93. The fraction of sp³-hybridized carbons (Fsp3) is 0.750. The molecule has 5 nitrogen and oxygen atoms in total. The van der Waals surface area contributed by atoms with E-state index in [1.807, 2.05) is 13.8 Å². The van der Waals surface area contributed by atoms with Crippen LogP contribution in [-0.4, -0.2) is 35.4 Å². The van der Waals surface area contributed by atoms with Crippen molar-refractivity contribution >= 4 is 11.9 Å². The van der Waals surface area contributed by atoms with Crippen LogP contribution in [0.1, 0.15) is 66.2 Å². The molecule has 1 heterocycles. The smallest absolute Gasteiger partial charge is 0.308 e. The number of aliphatic hydroxyl groups is 1. The Balaban J connectivity index is 1.74. The topological polar surface area (TPSA) is 72.8 Å². The summed E-state index contributed by atoms with van der Waals surface area (Å²) < 4.78 is 11.5. The second kappa shape index (κ2) is 9.46. The second-order valence-electron chi connectivity index (χ2n) is 9.36. The minimum Gasteiger partial charge on any atom is -0.462 e. The van der Waals surface area contributed by atoms with Gasteiger partial charge in [-0.2, -0.15) is 0 Å². The predicted molar refractivity (Wildman–Crippen MR) is 111 cm³/mol. The van der Waals surface area contributed by atoms with Crippen molar-refractivity contribution in [2.24, 2.45) is 29.6 Å². The molecule has 3 rings (SSSR count). The normalized spacial score (nSPS) is 37.9. The molecule has 1 saturated heterocycles. The van der Waals surface area contributed by atoms with E-state index >= 15 is 0 Å². The van der Waals surface area contributed by atoms with Gasteiger partial charge in [0.05, 0.1) is 18.4 Å². The van der Waals surface area contributed by atoms with Crippen molar-refractivity contribution in [1.29, 1.82) is 0 Å². The molecule has 0 aromatic carbocycles. The third kappa shape index (κ3) is 5.30. The fourth-order valence-corrected chi connectivity index (χ4v) is 5.07. The molecule has 1 fully saturated rings. The van der Waals surface area contributed by atoms with Gasteiger partial charge in [0.15, 0.2) is 0 Å². The lowest BCUT2D eigenvalue weighted by molar-refractivity contribution is -0.162. The Labute approximate surface area is 174 Å². The average Bonchev–Trinajstić information content (AvgIpc) is 2.65. The molecule has 5 heteroatoms. The molecular weight excluding hydrogens is 368 g/mol. The zero-order valence-electron chi connectivity index (χ0n) is 18.2. The number of aliphatic hydroxyl groups excluding tert-OH is 1. The van der Waals surface area contributed by atoms with Crippen molar-refractivity contribution in [3.8, 4) is 0 Å². The summed E-state index contributed by atoms with van der Waals surface area (Å²) in [4.78, 5) is 24.2. The highest BCUT2D eigenvalue weighted by Gasteiger charge is 2.42. The largest absolute Gasteiger partial charge is 0.462 e. The van der Waals surface area contributed by atoms with Gasteiger partial charge in [0.1, 0.15) is 12.2 Å². The van der Waals surface area contributed by atoms with Crippen molar-refractivity contribution in [3.05, 3.63) is 23.8 Å². The Morgan fingerprint density at radius 3 is 2.76 bits per heavy atom. The van der Waals surface area contributed by atoms with Crippen molar-refractivity contribution in [1.82, 2.24) is 0 Å². The molecule has 0 saturated carbocycles. The van der Waals surface area contributed by atoms with Crippen molar-refractivity contribution in [2.45, 2.75) is 84.5 Å². The number of ether oxygens (including phenoxy) is 2. The summed E-state index contributed by atoms with van der Waals surface area (Å²) in [5.41, 5.74) is 1.27. The van der Waals surface area contributed by atoms with E-state index in [9.17, 15) is 14.7 Å². The molecule has 3 aliphatic rings. The first kappa shape index (κ1) is 22.1. The highest BCUT2D eigenvalue weighted by atomic mass is 16.5. The summed E-state index contributed by atoms with van der Waals surface area (Å²) in [5.74, 6) is 0.755. The highest BCUT2D eigenvalue weighted by Crippen LogP contribution is 2.45. The number of cyclic esters (lactones) is 1. The predicted octanol–water partition coefficient (Wildman–Crippen LogP) is 4.20. The number of hydrogen-bond acceptors (Lipinski definition) is 5. The lowest BCUT2D eigenvalue weighted by Gasteiger charge is -2.43. The van der Waals surface area contributed by atoms with E-state index in [1.54, 1.807) is 0 Å². The van der Waals surface area contributed by atoms with Gasteiger partial charge in [-0.25, -0.2) is 0 Å². The first-order valence-corrected chi connectivity index (χ1v) is 11.3. The van der Waals surface area contributed by atoms with Crippen molar-refractivity contribution < 1.29 is 24.2 Å². The zero-order valence-corrected chi connectivity index (χ0v) is 18.2. The molecule has 162 valence electrons. The number of carbonyl (C=O) groups is 2. The molecule has 0 bridgehead atoms. The van der Waals surface area contributed by atoms with Gasteiger partial charge < -0.3 is 14.6 Å². The molecule has 0 aromatic heterocycles. The maximum absolute atomic E-state index is 12.5. The number of fused-ring (bicyclic) bond motifs is 1. The average molecular weight is 405 g/mol. The Bertz CT molecular complexity index is 666. The van der Waals surface area contributed by atoms with Crippen LogP contribution >= 0.6 is 0 Å². The van der Waals surface area contributed by atoms with E-state index in [1.165, 1.54) is 5.57 Å². The summed E-state index contributed by atoms with van der Waals surface area (Å²) in [6, 6.07) is 0. The lowest BCUT2D eigenvalue weighted by atomic mass is 9.65. The zero-order chi connectivity index (χ0) is 21.1. The second-order valence-corrected chi connectivity index (χ2v) is 9.36. The maximum Gasteiger partial charge on any atom is 0.308 e. The molecule has 0 amide bonds. The molecule has 0 radical (unpaired) electrons. The van der Waals surface area contributed by atoms with Crippen LogP contribution in [0.25, 0.3) is 0 Å². The summed E-state index contributed by atoms with van der Waals surface area (Å²) in [5, 5.41) is 9.89. The SMILES string of the molecule is CC[C@H](C)C(=O)O[C@@H]1C[C@@H](C)C=C2C=C[C@H](C)[C@H](CC[C@@H]3C[C@@H](O)CC(=O)O3)[C@@H]21. The van der Waals surface area contributed by atoms with E-state index in [0.717, 1.165) is 25.7 Å². The molecule has 1 aliphatic heterocycles. The Morgan fingerprint density at radius 2 is 2.07 bits per heavy atom. The summed E-state index contributed by atoms with van der Waals surface area (Å²) >= 11 is 0. The maximum atomic E-state index is 12.5. The highest BCUT2D eigenvalue weighted by molar-refractivity contribution is 5.72. The lowest BCUT2D eigenvalue weighted by Crippen LogP contribution is -2.42. The van der Waals surface area contributed by atoms with Crippen LogP contribution in [0.2, 0.25) is 0 Å². The first-order chi connectivity index (χ1) is 13.8. The molecule has 2 aliphatic carbocycles. The molecule has 0 spiro atoms. The van der Waals surface area contributed by atoms with Crippen LogP contribution in [0, 0.1) is 29.6 Å². The van der Waals surface area contributed by atoms with Crippen LogP contribution in [0.3, 0.4) is 0 Å². The minimum absolute atomic E-state index is 0.0854. The van der Waals surface area contributed by atoms with Crippen LogP contribution < -0.4 is 0 Å². The third-order valence-electron chi connectivity index (χ3n) is 6.93. The summed E-state index contributed by atoms with van der Waals surface area (Å²) in [7, 11) is 0. The van der Waals surface area contributed by atoms with E-state index in [-0.39, 0.29) is 42.4 Å². The van der Waals surface area contributed by atoms with Crippen molar-refractivity contribution in [3.63, 3.8) is 0 Å². The standard InChI is InChI=1S/C24H36O5/c1-5-15(3)24(27)29-21-11-14(2)10-17-7-6-16(4)20(23(17)21)9-8-19-12-18(25)13-22(26)28-19/h6-7,10,14-16,18-21,23,25H,5,8-9,11-13H2,1-4H3/t14-,15-,16-,18+,19+,20-,21+,23+/m0/s1. The Morgan fingerprint density at radius 1 is 1.31 bits per heavy atom. The molecule has 0 aromatic rings. The first-order valence-electron chi connectivity index (χ1n) is 11.3. The quantitative estimate of drug-likeness (QED) is 0.672. The molecule has 8 atom stereocenters. The number of carbonyl (C=O) groups excluding carboxylic acids is 2. The summed E-state index contributed by atoms with van der Waals surface area (Å²) in [6.45, 7) is 8.33. The van der Waals surface area contributed by atoms with Crippen LogP contribution in [0.15, 0.2) is 23.8 Å². The van der Waals surface area contributed by atoms with Crippen LogP contribution in [0.4, 0.5) is 0 Å². The van der Waals surface area contributed by atoms with Crippen molar-refractivity contribution in [2.75, 3.05) is 0 Å². The van der Waals surface area contributed by atoms with E-state index in [2.05, 4.69) is 32.1 Å². The van der Waals surface area contributed by atoms with Gasteiger partial charge in [-0.05, 0) is 49.0 Å². The van der Waals surface area contributed by atoms with Gasteiger partial charge in [0.25, 0.3) is 0 Å². The molecule has 29 heavy (non-hydrogen) atoms. The minimum atomic E-state index is -0.597. The monoisotopic (exact) mass is 404 g/mol. The number of hydrogen-bond donors (Lipinski definition) is 1. The Hall–Kier alpha value is -1.62. The number of rotatable bonds is 6. The molecule has 1 N–H and O–H groups in total. The fourth-order valence-electron chi connectivity index (χ4n) is 5.07. The van der Waals surface area contributed by atoms with Crippen LogP contribution in [-0.2, 0) is 19.1 Å². The summed E-state index contributed by atoms with van der Waals surface area (Å²) in [6.07, 6.45) is 9.70. The van der Waals surface area contributed by atoms with Gasteiger partial charge >= 0.3 is 11.9 Å². The van der Waals surface area contributed by atoms with Gasteiger partial charge in [0, 0.05) is 12.3 Å². The van der Waals surface area contributed by atoms with E-state index in [4.69, 9.17) is 9.47 Å². The number of esters is 2. The van der Waals surface area contributed by atoms with Gasteiger partial charge in [-0.15, -0.1) is 0 Å². The van der Waals surface area contributed by atoms with Crippen LogP contribution in [0.5, 0.6) is 0 Å². The van der Waals surface area contributed by atoms with Gasteiger partial charge in [-0.1, -0.05) is 45.9 Å². The number of allylic oxidation sites excluding steroid dienone is 3. The van der Waals surface area contributed by atoms with E-state index in [0.29, 0.717) is 24.2 Å². The van der Waals surface area contributed by atoms with Gasteiger partial charge in [-0.3, -0.25) is 9.59 Å². The molecular formula is C24H36O5. The molecule has 0 unspecified atom stereocenters.